The maximum atomic E-state index is 11.9. The molecule has 1 unspecified atom stereocenters. The minimum absolute atomic E-state index is 0.218. The Morgan fingerprint density at radius 3 is 2.74 bits per heavy atom. The second-order valence-electron chi connectivity index (χ2n) is 4.39. The Morgan fingerprint density at radius 1 is 1.47 bits per heavy atom. The van der Waals surface area contributed by atoms with Crippen molar-refractivity contribution in [3.63, 3.8) is 0 Å². The van der Waals surface area contributed by atoms with E-state index < -0.39 is 5.54 Å². The molecule has 0 saturated carbocycles. The van der Waals surface area contributed by atoms with Gasteiger partial charge in [-0.2, -0.15) is 11.8 Å². The van der Waals surface area contributed by atoms with Crippen molar-refractivity contribution < 1.29 is 9.53 Å². The lowest BCUT2D eigenvalue weighted by Gasteiger charge is -2.26. The molecule has 0 aliphatic carbocycles. The highest BCUT2D eigenvalue weighted by Crippen LogP contribution is 2.23. The molecule has 0 aliphatic rings. The molecule has 0 aromatic heterocycles. The van der Waals surface area contributed by atoms with Gasteiger partial charge in [0.2, 0.25) is 0 Å². The number of hydrogen-bond acceptors (Lipinski definition) is 4. The molecule has 0 radical (unpaired) electrons. The van der Waals surface area contributed by atoms with Crippen LogP contribution in [-0.2, 0) is 15.3 Å². The molecule has 106 valence electrons. The molecule has 19 heavy (non-hydrogen) atoms. The zero-order valence-corrected chi connectivity index (χ0v) is 13.1. The van der Waals surface area contributed by atoms with Crippen LogP contribution in [0, 0.1) is 0 Å². The first kappa shape index (κ1) is 16.3. The normalized spacial score (nSPS) is 13.9. The average molecular weight is 302 g/mol. The summed E-state index contributed by atoms with van der Waals surface area (Å²) in [6.45, 7) is 4.06. The number of halogens is 1. The van der Waals surface area contributed by atoms with Gasteiger partial charge in [-0.05, 0) is 32.5 Å². The molecular formula is C14H20ClNO2S. The average Bonchev–Trinajstić information content (AvgIpc) is 2.41. The Morgan fingerprint density at radius 2 is 2.16 bits per heavy atom. The van der Waals surface area contributed by atoms with Gasteiger partial charge in [-0.15, -0.1) is 0 Å². The molecule has 1 atom stereocenters. The molecule has 0 amide bonds. The maximum absolute atomic E-state index is 11.9. The summed E-state index contributed by atoms with van der Waals surface area (Å²) in [7, 11) is 1.77. The van der Waals surface area contributed by atoms with Gasteiger partial charge in [0.15, 0.2) is 0 Å². The van der Waals surface area contributed by atoms with Crippen molar-refractivity contribution in [3.8, 4) is 0 Å². The van der Waals surface area contributed by atoms with Crippen LogP contribution < -0.4 is 5.32 Å². The molecule has 1 aromatic carbocycles. The largest absolute Gasteiger partial charge is 0.465 e. The first-order chi connectivity index (χ1) is 9.03. The number of likely N-dealkylation sites (N-methyl/N-ethyl adjacent to an activating group) is 1. The Kier molecular flexibility index (Phi) is 6.69. The SMILES string of the molecule is CCOC(=O)C(C)(CSCc1ccccc1Cl)NC. The fourth-order valence-electron chi connectivity index (χ4n) is 1.50. The van der Waals surface area contributed by atoms with Crippen LogP contribution in [0.15, 0.2) is 24.3 Å². The predicted octanol–water partition coefficient (Wildman–Crippen LogP) is 3.11. The Balaban J connectivity index is 2.55. The van der Waals surface area contributed by atoms with E-state index in [9.17, 15) is 4.79 Å². The van der Waals surface area contributed by atoms with Crippen LogP contribution in [0.25, 0.3) is 0 Å². The highest BCUT2D eigenvalue weighted by atomic mass is 35.5. The van der Waals surface area contributed by atoms with Crippen LogP contribution in [0.3, 0.4) is 0 Å². The molecule has 0 heterocycles. The zero-order chi connectivity index (χ0) is 14.3. The molecule has 0 saturated heterocycles. The maximum Gasteiger partial charge on any atom is 0.326 e. The third-order valence-electron chi connectivity index (χ3n) is 2.88. The van der Waals surface area contributed by atoms with Gasteiger partial charge in [-0.3, -0.25) is 4.79 Å². The number of ether oxygens (including phenoxy) is 1. The van der Waals surface area contributed by atoms with E-state index in [1.807, 2.05) is 38.1 Å². The summed E-state index contributed by atoms with van der Waals surface area (Å²) in [5.74, 6) is 1.19. The molecule has 0 bridgehead atoms. The van der Waals surface area contributed by atoms with Crippen molar-refractivity contribution in [2.24, 2.45) is 0 Å². The van der Waals surface area contributed by atoms with E-state index in [-0.39, 0.29) is 5.97 Å². The minimum Gasteiger partial charge on any atom is -0.465 e. The first-order valence-corrected chi connectivity index (χ1v) is 7.74. The second kappa shape index (κ2) is 7.78. The third kappa shape index (κ3) is 4.71. The summed E-state index contributed by atoms with van der Waals surface area (Å²) in [6, 6.07) is 7.74. The van der Waals surface area contributed by atoms with Gasteiger partial charge in [-0.25, -0.2) is 0 Å². The molecular weight excluding hydrogens is 282 g/mol. The summed E-state index contributed by atoms with van der Waals surface area (Å²) >= 11 is 7.76. The first-order valence-electron chi connectivity index (χ1n) is 6.20. The second-order valence-corrected chi connectivity index (χ2v) is 5.78. The van der Waals surface area contributed by atoms with Crippen LogP contribution >= 0.6 is 23.4 Å². The van der Waals surface area contributed by atoms with Gasteiger partial charge in [0.1, 0.15) is 5.54 Å². The molecule has 1 rings (SSSR count). The summed E-state index contributed by atoms with van der Waals surface area (Å²) in [4.78, 5) is 11.9. The van der Waals surface area contributed by atoms with Gasteiger partial charge in [0.05, 0.1) is 6.61 Å². The van der Waals surface area contributed by atoms with E-state index >= 15 is 0 Å². The van der Waals surface area contributed by atoms with Gasteiger partial charge < -0.3 is 10.1 Å². The van der Waals surface area contributed by atoms with Crippen molar-refractivity contribution in [2.45, 2.75) is 25.1 Å². The molecule has 1 aromatic rings. The van der Waals surface area contributed by atoms with E-state index in [0.29, 0.717) is 12.4 Å². The van der Waals surface area contributed by atoms with E-state index in [2.05, 4.69) is 5.32 Å². The quantitative estimate of drug-likeness (QED) is 0.785. The molecule has 5 heteroatoms. The number of carbonyl (C=O) groups is 1. The fourth-order valence-corrected chi connectivity index (χ4v) is 3.03. The summed E-state index contributed by atoms with van der Waals surface area (Å²) in [5.41, 5.74) is 0.415. The van der Waals surface area contributed by atoms with Gasteiger partial charge >= 0.3 is 5.97 Å². The van der Waals surface area contributed by atoms with Crippen molar-refractivity contribution in [2.75, 3.05) is 19.4 Å². The Hall–Kier alpha value is -0.710. The van der Waals surface area contributed by atoms with Crippen molar-refractivity contribution in [1.82, 2.24) is 5.32 Å². The lowest BCUT2D eigenvalue weighted by Crippen LogP contribution is -2.50. The molecule has 1 N–H and O–H groups in total. The standard InChI is InChI=1S/C14H20ClNO2S/c1-4-18-13(17)14(2,16-3)10-19-9-11-7-5-6-8-12(11)15/h5-8,16H,4,9-10H2,1-3H3. The number of nitrogens with one attached hydrogen (secondary N) is 1. The topological polar surface area (TPSA) is 38.3 Å². The van der Waals surface area contributed by atoms with Gasteiger partial charge in [0, 0.05) is 16.5 Å². The number of esters is 1. The highest BCUT2D eigenvalue weighted by Gasteiger charge is 2.32. The lowest BCUT2D eigenvalue weighted by atomic mass is 10.1. The van der Waals surface area contributed by atoms with Gasteiger partial charge in [0.25, 0.3) is 0 Å². The zero-order valence-electron chi connectivity index (χ0n) is 11.5. The number of rotatable bonds is 7. The van der Waals surface area contributed by atoms with Gasteiger partial charge in [-0.1, -0.05) is 29.8 Å². The van der Waals surface area contributed by atoms with Crippen LogP contribution in [0.2, 0.25) is 5.02 Å². The van der Waals surface area contributed by atoms with E-state index in [1.54, 1.807) is 18.8 Å². The molecule has 0 spiro atoms. The van der Waals surface area contributed by atoms with Crippen molar-refractivity contribution in [3.05, 3.63) is 34.9 Å². The summed E-state index contributed by atoms with van der Waals surface area (Å²) in [6.07, 6.45) is 0. The van der Waals surface area contributed by atoms with E-state index in [0.717, 1.165) is 16.3 Å². The minimum atomic E-state index is -0.665. The van der Waals surface area contributed by atoms with Crippen LogP contribution in [-0.4, -0.2) is 30.9 Å². The predicted molar refractivity (Wildman–Crippen MR) is 81.7 cm³/mol. The van der Waals surface area contributed by atoms with Crippen molar-refractivity contribution >= 4 is 29.3 Å². The summed E-state index contributed by atoms with van der Waals surface area (Å²) in [5, 5.41) is 3.80. The van der Waals surface area contributed by atoms with E-state index in [1.165, 1.54) is 0 Å². The smallest absolute Gasteiger partial charge is 0.326 e. The monoisotopic (exact) mass is 301 g/mol. The molecule has 0 fully saturated rings. The number of carbonyl (C=O) groups excluding carboxylic acids is 1. The van der Waals surface area contributed by atoms with Crippen LogP contribution in [0.4, 0.5) is 0 Å². The molecule has 3 nitrogen and oxygen atoms in total. The Bertz CT molecular complexity index is 428. The lowest BCUT2D eigenvalue weighted by molar-refractivity contribution is -0.149. The number of benzene rings is 1. The third-order valence-corrected chi connectivity index (χ3v) is 4.55. The van der Waals surface area contributed by atoms with E-state index in [4.69, 9.17) is 16.3 Å². The summed E-state index contributed by atoms with van der Waals surface area (Å²) < 4.78 is 5.08. The van der Waals surface area contributed by atoms with Crippen molar-refractivity contribution in [1.29, 1.82) is 0 Å². The van der Waals surface area contributed by atoms with Crippen LogP contribution in [0.1, 0.15) is 19.4 Å². The highest BCUT2D eigenvalue weighted by molar-refractivity contribution is 7.98. The number of thioether (sulfide) groups is 1. The fraction of sp³-hybridized carbons (Fsp3) is 0.500. The van der Waals surface area contributed by atoms with Crippen LogP contribution in [0.5, 0.6) is 0 Å². The Labute approximate surface area is 124 Å². The molecule has 0 aliphatic heterocycles. The number of hydrogen-bond donors (Lipinski definition) is 1.